The van der Waals surface area contributed by atoms with Crippen LogP contribution in [0.5, 0.6) is 5.75 Å². The number of hydrogen-bond acceptors (Lipinski definition) is 4. The van der Waals surface area contributed by atoms with E-state index in [0.29, 0.717) is 24.7 Å². The predicted molar refractivity (Wildman–Crippen MR) is 69.0 cm³/mol. The monoisotopic (exact) mass is 253 g/mol. The van der Waals surface area contributed by atoms with Crippen molar-refractivity contribution in [1.29, 1.82) is 0 Å². The fourth-order valence-electron chi connectivity index (χ4n) is 1.37. The molecule has 0 atom stereocenters. The zero-order valence-electron chi connectivity index (χ0n) is 10.5. The lowest BCUT2D eigenvalue weighted by Gasteiger charge is -2.09. The molecule has 0 saturated carbocycles. The number of nitrogens with two attached hydrogens (primary N) is 1. The molecule has 1 rings (SSSR count). The quantitative estimate of drug-likeness (QED) is 0.548. The normalized spacial score (nSPS) is 10.3. The molecule has 0 heterocycles. The molecule has 5 heteroatoms. The molecule has 0 bridgehead atoms. The number of carbonyl (C=O) groups is 1. The molecule has 18 heavy (non-hydrogen) atoms. The maximum Gasteiger partial charge on any atom is 0.335 e. The van der Waals surface area contributed by atoms with Crippen LogP contribution in [0.4, 0.5) is 5.69 Å². The highest BCUT2D eigenvalue weighted by Gasteiger charge is 2.06. The lowest BCUT2D eigenvalue weighted by Crippen LogP contribution is -2.09. The summed E-state index contributed by atoms with van der Waals surface area (Å²) in [6.45, 7) is 3.73. The molecule has 0 fully saturated rings. The molecule has 5 nitrogen and oxygen atoms in total. The van der Waals surface area contributed by atoms with Crippen LogP contribution in [0.2, 0.25) is 0 Å². The summed E-state index contributed by atoms with van der Waals surface area (Å²) in [5.41, 5.74) is 6.17. The van der Waals surface area contributed by atoms with Gasteiger partial charge in [0.25, 0.3) is 0 Å². The molecule has 0 aliphatic heterocycles. The van der Waals surface area contributed by atoms with Crippen molar-refractivity contribution in [3.8, 4) is 5.75 Å². The van der Waals surface area contributed by atoms with Crippen LogP contribution in [0.15, 0.2) is 18.2 Å². The maximum absolute atomic E-state index is 10.7. The summed E-state index contributed by atoms with van der Waals surface area (Å²) in [7, 11) is 0. The number of hydrogen-bond donors (Lipinski definition) is 2. The fourth-order valence-corrected chi connectivity index (χ4v) is 1.37. The number of aromatic carboxylic acids is 1. The second-order valence-corrected chi connectivity index (χ2v) is 3.87. The van der Waals surface area contributed by atoms with Crippen LogP contribution in [-0.4, -0.2) is 30.9 Å². The van der Waals surface area contributed by atoms with Crippen LogP contribution < -0.4 is 10.5 Å². The Kier molecular flexibility index (Phi) is 6.00. The first-order chi connectivity index (χ1) is 8.65. The van der Waals surface area contributed by atoms with Gasteiger partial charge in [-0.3, -0.25) is 0 Å². The topological polar surface area (TPSA) is 81.8 Å². The number of rotatable bonds is 8. The highest BCUT2D eigenvalue weighted by atomic mass is 16.5. The Morgan fingerprint density at radius 3 is 2.72 bits per heavy atom. The summed E-state index contributed by atoms with van der Waals surface area (Å²) in [6, 6.07) is 4.41. The van der Waals surface area contributed by atoms with Crippen molar-refractivity contribution in [3.63, 3.8) is 0 Å². The van der Waals surface area contributed by atoms with Crippen molar-refractivity contribution in [2.24, 2.45) is 0 Å². The number of benzene rings is 1. The smallest absolute Gasteiger partial charge is 0.335 e. The SMILES string of the molecule is CCCCOCCOc1ccc(C(=O)O)cc1N. The first-order valence-electron chi connectivity index (χ1n) is 5.98. The number of anilines is 1. The number of carboxylic acids is 1. The highest BCUT2D eigenvalue weighted by molar-refractivity contribution is 5.89. The molecule has 0 saturated heterocycles. The summed E-state index contributed by atoms with van der Waals surface area (Å²) in [5.74, 6) is -0.518. The van der Waals surface area contributed by atoms with Gasteiger partial charge in [0.15, 0.2) is 0 Å². The molecule has 3 N–H and O–H groups in total. The summed E-state index contributed by atoms with van der Waals surface area (Å²) in [6.07, 6.45) is 2.14. The second kappa shape index (κ2) is 7.55. The molecule has 0 spiro atoms. The van der Waals surface area contributed by atoms with Crippen LogP contribution in [0.1, 0.15) is 30.1 Å². The minimum atomic E-state index is -1.00. The van der Waals surface area contributed by atoms with E-state index < -0.39 is 5.97 Å². The van der Waals surface area contributed by atoms with Crippen molar-refractivity contribution in [2.45, 2.75) is 19.8 Å². The van der Waals surface area contributed by atoms with Crippen LogP contribution in [0.25, 0.3) is 0 Å². The first kappa shape index (κ1) is 14.3. The van der Waals surface area contributed by atoms with Gasteiger partial charge in [0, 0.05) is 6.61 Å². The minimum Gasteiger partial charge on any atom is -0.489 e. The predicted octanol–water partition coefficient (Wildman–Crippen LogP) is 2.16. The van der Waals surface area contributed by atoms with E-state index in [1.54, 1.807) is 6.07 Å². The zero-order chi connectivity index (χ0) is 13.4. The standard InChI is InChI=1S/C13H19NO4/c1-2-3-6-17-7-8-18-12-5-4-10(13(15)16)9-11(12)14/h4-5,9H,2-3,6-8,14H2,1H3,(H,15,16). The average molecular weight is 253 g/mol. The van der Waals surface area contributed by atoms with Gasteiger partial charge < -0.3 is 20.3 Å². The second-order valence-electron chi connectivity index (χ2n) is 3.87. The van der Waals surface area contributed by atoms with Crippen LogP contribution >= 0.6 is 0 Å². The maximum atomic E-state index is 10.7. The molecule has 0 aliphatic carbocycles. The van der Waals surface area contributed by atoms with Gasteiger partial charge in [-0.25, -0.2) is 4.79 Å². The van der Waals surface area contributed by atoms with Gasteiger partial charge in [0.05, 0.1) is 17.9 Å². The minimum absolute atomic E-state index is 0.152. The number of unbranched alkanes of at least 4 members (excludes halogenated alkanes) is 1. The molecular weight excluding hydrogens is 234 g/mol. The van der Waals surface area contributed by atoms with Gasteiger partial charge in [0.1, 0.15) is 12.4 Å². The first-order valence-corrected chi connectivity index (χ1v) is 5.98. The number of carboxylic acid groups (broad SMARTS) is 1. The van der Waals surface area contributed by atoms with Gasteiger partial charge in [-0.2, -0.15) is 0 Å². The van der Waals surface area contributed by atoms with E-state index in [1.807, 2.05) is 0 Å². The van der Waals surface area contributed by atoms with Gasteiger partial charge in [-0.1, -0.05) is 13.3 Å². The number of nitrogen functional groups attached to an aromatic ring is 1. The molecule has 100 valence electrons. The van der Waals surface area contributed by atoms with E-state index in [4.69, 9.17) is 20.3 Å². The molecule has 0 radical (unpaired) electrons. The molecule has 0 aromatic heterocycles. The van der Waals surface area contributed by atoms with Crippen molar-refractivity contribution in [3.05, 3.63) is 23.8 Å². The van der Waals surface area contributed by atoms with Crippen LogP contribution in [-0.2, 0) is 4.74 Å². The van der Waals surface area contributed by atoms with E-state index in [2.05, 4.69) is 6.92 Å². The van der Waals surface area contributed by atoms with E-state index in [1.165, 1.54) is 12.1 Å². The third-order valence-electron chi connectivity index (χ3n) is 2.38. The lowest BCUT2D eigenvalue weighted by molar-refractivity contribution is 0.0696. The third-order valence-corrected chi connectivity index (χ3v) is 2.38. The largest absolute Gasteiger partial charge is 0.489 e. The Bertz CT molecular complexity index is 393. The van der Waals surface area contributed by atoms with E-state index in [-0.39, 0.29) is 5.56 Å². The lowest BCUT2D eigenvalue weighted by atomic mass is 10.2. The van der Waals surface area contributed by atoms with Gasteiger partial charge in [-0.05, 0) is 24.6 Å². The van der Waals surface area contributed by atoms with Gasteiger partial charge in [0.2, 0.25) is 0 Å². The van der Waals surface area contributed by atoms with Crippen molar-refractivity contribution in [2.75, 3.05) is 25.6 Å². The molecule has 1 aromatic rings. The Morgan fingerprint density at radius 1 is 1.33 bits per heavy atom. The molecule has 1 aromatic carbocycles. The molecule has 0 unspecified atom stereocenters. The van der Waals surface area contributed by atoms with Crippen molar-refractivity contribution in [1.82, 2.24) is 0 Å². The van der Waals surface area contributed by atoms with Gasteiger partial charge >= 0.3 is 5.97 Å². The Morgan fingerprint density at radius 2 is 2.11 bits per heavy atom. The van der Waals surface area contributed by atoms with Crippen LogP contribution in [0.3, 0.4) is 0 Å². The summed E-state index contributed by atoms with van der Waals surface area (Å²) >= 11 is 0. The van der Waals surface area contributed by atoms with Gasteiger partial charge in [-0.15, -0.1) is 0 Å². The Balaban J connectivity index is 2.36. The molecular formula is C13H19NO4. The van der Waals surface area contributed by atoms with Crippen molar-refractivity contribution < 1.29 is 19.4 Å². The van der Waals surface area contributed by atoms with E-state index in [9.17, 15) is 4.79 Å². The third kappa shape index (κ3) is 4.63. The summed E-state index contributed by atoms with van der Waals surface area (Å²) in [4.78, 5) is 10.7. The fraction of sp³-hybridized carbons (Fsp3) is 0.462. The zero-order valence-corrected chi connectivity index (χ0v) is 10.5. The summed E-state index contributed by atoms with van der Waals surface area (Å²) < 4.78 is 10.7. The molecule has 0 aliphatic rings. The van der Waals surface area contributed by atoms with E-state index >= 15 is 0 Å². The molecule has 0 amide bonds. The van der Waals surface area contributed by atoms with Crippen molar-refractivity contribution >= 4 is 11.7 Å². The van der Waals surface area contributed by atoms with Crippen LogP contribution in [0, 0.1) is 0 Å². The number of ether oxygens (including phenoxy) is 2. The average Bonchev–Trinajstić information content (AvgIpc) is 2.35. The highest BCUT2D eigenvalue weighted by Crippen LogP contribution is 2.22. The Hall–Kier alpha value is -1.75. The van der Waals surface area contributed by atoms with E-state index in [0.717, 1.165) is 19.4 Å². The Labute approximate surface area is 107 Å². The summed E-state index contributed by atoms with van der Waals surface area (Å²) in [5, 5.41) is 8.78.